The SMILES string of the molecule is CO.CO.O=C1OC(=O)c2ccccc21.O=C1OC(=O)c2ccccc21. The third kappa shape index (κ3) is 4.38. The van der Waals surface area contributed by atoms with Crippen LogP contribution in [0.3, 0.4) is 0 Å². The molecule has 0 bridgehead atoms. The molecular formula is C18H16O8. The summed E-state index contributed by atoms with van der Waals surface area (Å²) in [6, 6.07) is 13.1. The fraction of sp³-hybridized carbons (Fsp3) is 0.111. The van der Waals surface area contributed by atoms with E-state index in [9.17, 15) is 19.2 Å². The number of fused-ring (bicyclic) bond motifs is 2. The molecule has 136 valence electrons. The van der Waals surface area contributed by atoms with Crippen molar-refractivity contribution in [2.45, 2.75) is 0 Å². The molecule has 2 aromatic carbocycles. The Hall–Kier alpha value is -3.36. The molecule has 2 aliphatic heterocycles. The van der Waals surface area contributed by atoms with Crippen LogP contribution in [0.2, 0.25) is 0 Å². The molecule has 0 saturated carbocycles. The quantitative estimate of drug-likeness (QED) is 0.530. The van der Waals surface area contributed by atoms with Crippen LogP contribution in [0.1, 0.15) is 41.4 Å². The van der Waals surface area contributed by atoms with Gasteiger partial charge in [-0.15, -0.1) is 0 Å². The second kappa shape index (κ2) is 9.82. The minimum atomic E-state index is -0.550. The first kappa shape index (κ1) is 20.7. The highest BCUT2D eigenvalue weighted by atomic mass is 16.6. The summed E-state index contributed by atoms with van der Waals surface area (Å²) in [5, 5.41) is 14.0. The van der Waals surface area contributed by atoms with Crippen LogP contribution < -0.4 is 0 Å². The van der Waals surface area contributed by atoms with E-state index >= 15 is 0 Å². The van der Waals surface area contributed by atoms with Crippen LogP contribution in [0, 0.1) is 0 Å². The Morgan fingerprint density at radius 3 is 0.885 bits per heavy atom. The average molecular weight is 360 g/mol. The van der Waals surface area contributed by atoms with Crippen molar-refractivity contribution < 1.29 is 38.9 Å². The first-order valence-electron chi connectivity index (χ1n) is 7.18. The molecule has 2 aliphatic rings. The topological polar surface area (TPSA) is 127 Å². The number of esters is 4. The predicted molar refractivity (Wildman–Crippen MR) is 88.7 cm³/mol. The summed E-state index contributed by atoms with van der Waals surface area (Å²) in [5.41, 5.74) is 1.44. The molecule has 8 nitrogen and oxygen atoms in total. The fourth-order valence-electron chi connectivity index (χ4n) is 2.07. The number of carbonyl (C=O) groups excluding carboxylic acids is 4. The Kier molecular flexibility index (Phi) is 7.81. The van der Waals surface area contributed by atoms with Crippen molar-refractivity contribution in [1.29, 1.82) is 0 Å². The molecule has 0 aliphatic carbocycles. The van der Waals surface area contributed by atoms with E-state index in [2.05, 4.69) is 9.47 Å². The van der Waals surface area contributed by atoms with Crippen LogP contribution >= 0.6 is 0 Å². The van der Waals surface area contributed by atoms with Crippen LogP contribution in [-0.2, 0) is 9.47 Å². The van der Waals surface area contributed by atoms with Gasteiger partial charge in [0, 0.05) is 14.2 Å². The first-order chi connectivity index (χ1) is 12.6. The molecule has 0 amide bonds. The van der Waals surface area contributed by atoms with Gasteiger partial charge in [-0.3, -0.25) is 0 Å². The van der Waals surface area contributed by atoms with Gasteiger partial charge in [0.15, 0.2) is 0 Å². The Morgan fingerprint density at radius 2 is 0.692 bits per heavy atom. The molecule has 0 unspecified atom stereocenters. The van der Waals surface area contributed by atoms with Crippen LogP contribution in [0.5, 0.6) is 0 Å². The van der Waals surface area contributed by atoms with Crippen molar-refractivity contribution in [2.24, 2.45) is 0 Å². The zero-order valence-electron chi connectivity index (χ0n) is 14.0. The van der Waals surface area contributed by atoms with Crippen LogP contribution in [0.15, 0.2) is 48.5 Å². The van der Waals surface area contributed by atoms with E-state index in [1.807, 2.05) is 0 Å². The number of aliphatic hydroxyl groups is 2. The highest BCUT2D eigenvalue weighted by Gasteiger charge is 2.29. The van der Waals surface area contributed by atoms with Gasteiger partial charge in [-0.1, -0.05) is 24.3 Å². The second-order valence-corrected chi connectivity index (χ2v) is 4.45. The van der Waals surface area contributed by atoms with Gasteiger partial charge in [-0.05, 0) is 24.3 Å². The standard InChI is InChI=1S/2C8H4O3.2CH4O/c2*9-7-5-3-1-2-4-6(5)8(10)11-7;2*1-2/h2*1-4H;2*2H,1H3. The number of aliphatic hydroxyl groups excluding tert-OH is 2. The predicted octanol–water partition coefficient (Wildman–Crippen LogP) is 1.21. The molecule has 4 rings (SSSR count). The summed E-state index contributed by atoms with van der Waals surface area (Å²) in [7, 11) is 2.00. The van der Waals surface area contributed by atoms with E-state index in [0.29, 0.717) is 22.3 Å². The van der Waals surface area contributed by atoms with Gasteiger partial charge in [-0.25, -0.2) is 19.2 Å². The molecule has 2 N–H and O–H groups in total. The Labute approximate surface area is 148 Å². The average Bonchev–Trinajstić information content (AvgIpc) is 3.15. The monoisotopic (exact) mass is 360 g/mol. The smallest absolute Gasteiger partial charge is 0.346 e. The highest BCUT2D eigenvalue weighted by Crippen LogP contribution is 2.19. The molecule has 0 atom stereocenters. The lowest BCUT2D eigenvalue weighted by molar-refractivity contribution is 0.0425. The van der Waals surface area contributed by atoms with Crippen molar-refractivity contribution in [3.8, 4) is 0 Å². The lowest BCUT2D eigenvalue weighted by Gasteiger charge is -1.86. The fourth-order valence-corrected chi connectivity index (χ4v) is 2.07. The van der Waals surface area contributed by atoms with Gasteiger partial charge in [0.1, 0.15) is 0 Å². The van der Waals surface area contributed by atoms with Gasteiger partial charge >= 0.3 is 23.9 Å². The molecule has 2 aromatic rings. The maximum Gasteiger partial charge on any atom is 0.346 e. The minimum Gasteiger partial charge on any atom is -0.400 e. The number of carbonyl (C=O) groups is 4. The summed E-state index contributed by atoms with van der Waals surface area (Å²) < 4.78 is 8.71. The number of hydrogen-bond acceptors (Lipinski definition) is 8. The van der Waals surface area contributed by atoms with E-state index in [1.165, 1.54) is 0 Å². The number of rotatable bonds is 0. The largest absolute Gasteiger partial charge is 0.400 e. The molecule has 0 aromatic heterocycles. The zero-order chi connectivity index (χ0) is 19.7. The minimum absolute atomic E-state index is 0.359. The van der Waals surface area contributed by atoms with Crippen molar-refractivity contribution in [3.63, 3.8) is 0 Å². The molecule has 26 heavy (non-hydrogen) atoms. The molecule has 2 heterocycles. The van der Waals surface area contributed by atoms with E-state index in [1.54, 1.807) is 48.5 Å². The molecule has 0 radical (unpaired) electrons. The van der Waals surface area contributed by atoms with E-state index in [4.69, 9.17) is 10.2 Å². The lowest BCUT2D eigenvalue weighted by Crippen LogP contribution is -1.96. The number of ether oxygens (including phenoxy) is 2. The van der Waals surface area contributed by atoms with Crippen molar-refractivity contribution in [1.82, 2.24) is 0 Å². The molecule has 0 spiro atoms. The summed E-state index contributed by atoms with van der Waals surface area (Å²) in [6.07, 6.45) is 0. The molecule has 8 heteroatoms. The van der Waals surface area contributed by atoms with Gasteiger partial charge in [0.05, 0.1) is 22.3 Å². The molecular weight excluding hydrogens is 344 g/mol. The Morgan fingerprint density at radius 1 is 0.500 bits per heavy atom. The van der Waals surface area contributed by atoms with Gasteiger partial charge < -0.3 is 19.7 Å². The highest BCUT2D eigenvalue weighted by molar-refractivity contribution is 6.15. The molecule has 0 fully saturated rings. The Bertz CT molecular complexity index is 690. The normalized spacial score (nSPS) is 12.8. The van der Waals surface area contributed by atoms with E-state index in [0.717, 1.165) is 14.2 Å². The number of benzene rings is 2. The van der Waals surface area contributed by atoms with Crippen molar-refractivity contribution >= 4 is 23.9 Å². The lowest BCUT2D eigenvalue weighted by atomic mass is 10.1. The summed E-state index contributed by atoms with van der Waals surface area (Å²) in [6.45, 7) is 0. The van der Waals surface area contributed by atoms with Crippen molar-refractivity contribution in [3.05, 3.63) is 70.8 Å². The van der Waals surface area contributed by atoms with Gasteiger partial charge in [0.25, 0.3) is 0 Å². The van der Waals surface area contributed by atoms with E-state index < -0.39 is 23.9 Å². The maximum absolute atomic E-state index is 10.8. The summed E-state index contributed by atoms with van der Waals surface area (Å²) in [5.74, 6) is -2.20. The zero-order valence-corrected chi connectivity index (χ0v) is 14.0. The molecule has 0 saturated heterocycles. The van der Waals surface area contributed by atoms with Crippen LogP contribution in [0.4, 0.5) is 0 Å². The number of cyclic esters (lactones) is 4. The first-order valence-corrected chi connectivity index (χ1v) is 7.18. The second-order valence-electron chi connectivity index (χ2n) is 4.45. The van der Waals surface area contributed by atoms with E-state index in [-0.39, 0.29) is 0 Å². The number of hydrogen-bond donors (Lipinski definition) is 2. The third-order valence-electron chi connectivity index (χ3n) is 3.10. The van der Waals surface area contributed by atoms with Crippen LogP contribution in [-0.4, -0.2) is 48.3 Å². The third-order valence-corrected chi connectivity index (χ3v) is 3.10. The van der Waals surface area contributed by atoms with Gasteiger partial charge in [-0.2, -0.15) is 0 Å². The van der Waals surface area contributed by atoms with Crippen LogP contribution in [0.25, 0.3) is 0 Å². The summed E-state index contributed by atoms with van der Waals surface area (Å²) >= 11 is 0. The summed E-state index contributed by atoms with van der Waals surface area (Å²) in [4.78, 5) is 43.3. The van der Waals surface area contributed by atoms with Gasteiger partial charge in [0.2, 0.25) is 0 Å². The maximum atomic E-state index is 10.8. The Balaban J connectivity index is 0.000000219. The van der Waals surface area contributed by atoms with Crippen molar-refractivity contribution in [2.75, 3.05) is 14.2 Å².